The molecule has 0 aliphatic carbocycles. The zero-order valence-corrected chi connectivity index (χ0v) is 16.0. The van der Waals surface area contributed by atoms with Gasteiger partial charge in [0.1, 0.15) is 5.75 Å². The van der Waals surface area contributed by atoms with E-state index < -0.39 is 17.5 Å². The number of aromatic hydroxyl groups is 1. The van der Waals surface area contributed by atoms with Crippen LogP contribution in [0.1, 0.15) is 5.56 Å². The largest absolute Gasteiger partial charge is 0.497 e. The number of amides is 3. The topological polar surface area (TPSA) is 105 Å². The zero-order valence-electron chi connectivity index (χ0n) is 16.0. The summed E-state index contributed by atoms with van der Waals surface area (Å²) in [6, 6.07) is 13.8. The number of urea groups is 1. The molecule has 2 aromatic heterocycles. The van der Waals surface area contributed by atoms with Crippen molar-refractivity contribution in [1.82, 2.24) is 20.2 Å². The zero-order chi connectivity index (χ0) is 20.9. The summed E-state index contributed by atoms with van der Waals surface area (Å²) in [5.41, 5.74) is 0.00132. The van der Waals surface area contributed by atoms with E-state index in [0.29, 0.717) is 16.7 Å². The Kier molecular flexibility index (Phi) is 3.89. The number of benzene rings is 2. The predicted molar refractivity (Wildman–Crippen MR) is 110 cm³/mol. The first kappa shape index (κ1) is 18.0. The number of imide groups is 1. The smallest absolute Gasteiger partial charge is 0.322 e. The highest BCUT2D eigenvalue weighted by molar-refractivity contribution is 6.07. The molecule has 1 unspecified atom stereocenters. The maximum atomic E-state index is 12.9. The number of nitrogens with one attached hydrogen (secondary N) is 2. The monoisotopic (exact) mass is 402 g/mol. The first-order chi connectivity index (χ1) is 14.5. The average molecular weight is 402 g/mol. The van der Waals surface area contributed by atoms with Gasteiger partial charge in [0.15, 0.2) is 11.4 Å². The molecule has 0 spiro atoms. The second kappa shape index (κ2) is 6.48. The summed E-state index contributed by atoms with van der Waals surface area (Å²) in [6.45, 7) is 0.0131. The number of methoxy groups -OCH3 is 1. The summed E-state index contributed by atoms with van der Waals surface area (Å²) < 4.78 is 6.81. The standard InChI is InChI=1S/C22H18N4O4/c1-30-16-5-6-17-14(10-16)11-26(19(17)27)12-22(20(28)24-21(29)25-22)15-4-7-18-13(9-15)3-2-8-23-18/h2-11,27H,12H2,1H3,(H2,24,25,28,29). The van der Waals surface area contributed by atoms with Crippen molar-refractivity contribution < 1.29 is 19.4 Å². The van der Waals surface area contributed by atoms with Crippen molar-refractivity contribution in [3.05, 3.63) is 66.5 Å². The fraction of sp³-hybridized carbons (Fsp3) is 0.136. The lowest BCUT2D eigenvalue weighted by atomic mass is 9.88. The molecule has 4 aromatic rings. The molecule has 1 aliphatic heterocycles. The van der Waals surface area contributed by atoms with Gasteiger partial charge in [-0.3, -0.25) is 15.1 Å². The molecule has 1 saturated heterocycles. The molecule has 150 valence electrons. The van der Waals surface area contributed by atoms with E-state index in [-0.39, 0.29) is 12.4 Å². The third kappa shape index (κ3) is 2.65. The Balaban J connectivity index is 1.65. The molecular formula is C22H18N4O4. The number of rotatable bonds is 4. The fourth-order valence-electron chi connectivity index (χ4n) is 3.98. The summed E-state index contributed by atoms with van der Waals surface area (Å²) in [4.78, 5) is 29.3. The highest BCUT2D eigenvalue weighted by atomic mass is 16.5. The van der Waals surface area contributed by atoms with Crippen molar-refractivity contribution in [3.63, 3.8) is 0 Å². The van der Waals surface area contributed by atoms with Crippen LogP contribution in [0.4, 0.5) is 4.79 Å². The molecule has 0 radical (unpaired) electrons. The molecule has 1 fully saturated rings. The molecular weight excluding hydrogens is 384 g/mol. The van der Waals surface area contributed by atoms with E-state index in [4.69, 9.17) is 4.74 Å². The maximum Gasteiger partial charge on any atom is 0.322 e. The van der Waals surface area contributed by atoms with Gasteiger partial charge in [0.2, 0.25) is 0 Å². The number of hydrogen-bond donors (Lipinski definition) is 3. The summed E-state index contributed by atoms with van der Waals surface area (Å²) >= 11 is 0. The van der Waals surface area contributed by atoms with Crippen molar-refractivity contribution in [3.8, 4) is 11.6 Å². The normalized spacial score (nSPS) is 18.6. The lowest BCUT2D eigenvalue weighted by Crippen LogP contribution is -2.47. The number of fused-ring (bicyclic) bond motifs is 2. The van der Waals surface area contributed by atoms with Crippen LogP contribution in [0.2, 0.25) is 0 Å². The molecule has 5 rings (SSSR count). The lowest BCUT2D eigenvalue weighted by molar-refractivity contribution is -0.124. The Hall–Kier alpha value is -4.07. The fourth-order valence-corrected chi connectivity index (χ4v) is 3.98. The van der Waals surface area contributed by atoms with Gasteiger partial charge in [-0.1, -0.05) is 12.1 Å². The van der Waals surface area contributed by atoms with Crippen molar-refractivity contribution in [1.29, 1.82) is 0 Å². The van der Waals surface area contributed by atoms with E-state index in [1.165, 1.54) is 0 Å². The van der Waals surface area contributed by atoms with Crippen LogP contribution in [0, 0.1) is 0 Å². The summed E-state index contributed by atoms with van der Waals surface area (Å²) in [7, 11) is 1.57. The number of pyridine rings is 1. The van der Waals surface area contributed by atoms with Gasteiger partial charge in [-0.15, -0.1) is 0 Å². The average Bonchev–Trinajstić information content (AvgIpc) is 3.22. The van der Waals surface area contributed by atoms with Gasteiger partial charge in [-0.2, -0.15) is 0 Å². The van der Waals surface area contributed by atoms with Crippen LogP contribution < -0.4 is 15.4 Å². The summed E-state index contributed by atoms with van der Waals surface area (Å²) in [5, 5.41) is 18.1. The Bertz CT molecular complexity index is 1330. The highest BCUT2D eigenvalue weighted by Crippen LogP contribution is 2.35. The number of aromatic nitrogens is 2. The maximum absolute atomic E-state index is 12.9. The molecule has 2 aromatic carbocycles. The van der Waals surface area contributed by atoms with E-state index in [2.05, 4.69) is 15.6 Å². The summed E-state index contributed by atoms with van der Waals surface area (Å²) in [6.07, 6.45) is 3.43. The van der Waals surface area contributed by atoms with E-state index in [1.54, 1.807) is 54.4 Å². The van der Waals surface area contributed by atoms with E-state index in [1.807, 2.05) is 18.2 Å². The minimum Gasteiger partial charge on any atom is -0.497 e. The first-order valence-corrected chi connectivity index (χ1v) is 9.35. The molecule has 30 heavy (non-hydrogen) atoms. The molecule has 8 nitrogen and oxygen atoms in total. The van der Waals surface area contributed by atoms with Crippen molar-refractivity contribution in [2.24, 2.45) is 0 Å². The van der Waals surface area contributed by atoms with Crippen LogP contribution in [0.5, 0.6) is 11.6 Å². The molecule has 3 N–H and O–H groups in total. The second-order valence-electron chi connectivity index (χ2n) is 7.26. The number of ether oxygens (including phenoxy) is 1. The number of hydrogen-bond acceptors (Lipinski definition) is 5. The first-order valence-electron chi connectivity index (χ1n) is 9.35. The van der Waals surface area contributed by atoms with E-state index >= 15 is 0 Å². The SMILES string of the molecule is COc1ccc2c(O)n(CC3(c4ccc5ncccc5c4)NC(=O)NC3=O)cc2c1. The van der Waals surface area contributed by atoms with Gasteiger partial charge in [0, 0.05) is 28.6 Å². The third-order valence-electron chi connectivity index (χ3n) is 5.51. The van der Waals surface area contributed by atoms with Gasteiger partial charge >= 0.3 is 6.03 Å². The Morgan fingerprint density at radius 1 is 1.13 bits per heavy atom. The number of carbonyl (C=O) groups is 2. The molecule has 0 bridgehead atoms. The highest BCUT2D eigenvalue weighted by Gasteiger charge is 2.48. The van der Waals surface area contributed by atoms with Gasteiger partial charge in [-0.05, 0) is 42.0 Å². The van der Waals surface area contributed by atoms with Crippen LogP contribution in [-0.4, -0.2) is 33.7 Å². The quantitative estimate of drug-likeness (QED) is 0.455. The van der Waals surface area contributed by atoms with Crippen molar-refractivity contribution in [2.75, 3.05) is 7.11 Å². The summed E-state index contributed by atoms with van der Waals surface area (Å²) in [5.74, 6) is 0.178. The number of carbonyl (C=O) groups excluding carboxylic acids is 2. The van der Waals surface area contributed by atoms with Crippen LogP contribution in [0.15, 0.2) is 60.9 Å². The molecule has 8 heteroatoms. The molecule has 1 aliphatic rings. The van der Waals surface area contributed by atoms with Gasteiger partial charge in [-0.25, -0.2) is 4.79 Å². The van der Waals surface area contributed by atoms with Crippen molar-refractivity contribution >= 4 is 33.6 Å². The van der Waals surface area contributed by atoms with Gasteiger partial charge < -0.3 is 19.7 Å². The lowest BCUT2D eigenvalue weighted by Gasteiger charge is -2.27. The molecule has 0 saturated carbocycles. The van der Waals surface area contributed by atoms with Gasteiger partial charge in [0.05, 0.1) is 19.2 Å². The van der Waals surface area contributed by atoms with Crippen LogP contribution >= 0.6 is 0 Å². The Morgan fingerprint density at radius 2 is 2.00 bits per heavy atom. The third-order valence-corrected chi connectivity index (χ3v) is 5.51. The minimum atomic E-state index is -1.38. The van der Waals surface area contributed by atoms with Crippen LogP contribution in [0.3, 0.4) is 0 Å². The van der Waals surface area contributed by atoms with Crippen LogP contribution in [-0.2, 0) is 16.9 Å². The molecule has 1 atom stereocenters. The Labute approximate surface area is 171 Å². The molecule has 3 amide bonds. The van der Waals surface area contributed by atoms with E-state index in [0.717, 1.165) is 16.3 Å². The Morgan fingerprint density at radius 3 is 2.77 bits per heavy atom. The van der Waals surface area contributed by atoms with Crippen molar-refractivity contribution in [2.45, 2.75) is 12.1 Å². The second-order valence-corrected chi connectivity index (χ2v) is 7.26. The predicted octanol–water partition coefficient (Wildman–Crippen LogP) is 2.64. The van der Waals surface area contributed by atoms with Gasteiger partial charge in [0.25, 0.3) is 5.91 Å². The van der Waals surface area contributed by atoms with Crippen LogP contribution in [0.25, 0.3) is 21.7 Å². The van der Waals surface area contributed by atoms with E-state index in [9.17, 15) is 14.7 Å². The number of nitrogens with zero attached hydrogens (tertiary/aromatic N) is 2. The molecule has 3 heterocycles. The minimum absolute atomic E-state index is 0.00318.